The van der Waals surface area contributed by atoms with Gasteiger partial charge in [-0.25, -0.2) is 0 Å². The van der Waals surface area contributed by atoms with Crippen molar-refractivity contribution in [1.82, 2.24) is 5.32 Å². The van der Waals surface area contributed by atoms with Gasteiger partial charge in [-0.1, -0.05) is 6.42 Å². The summed E-state index contributed by atoms with van der Waals surface area (Å²) in [5.41, 5.74) is 4.94. The van der Waals surface area contributed by atoms with Gasteiger partial charge in [-0.15, -0.1) is 0 Å². The van der Waals surface area contributed by atoms with E-state index in [4.69, 9.17) is 19.9 Å². The zero-order valence-electron chi connectivity index (χ0n) is 12.2. The van der Waals surface area contributed by atoms with Crippen molar-refractivity contribution >= 4 is 11.8 Å². The summed E-state index contributed by atoms with van der Waals surface area (Å²) >= 11 is 0. The van der Waals surface area contributed by atoms with E-state index >= 15 is 0 Å². The second kappa shape index (κ2) is 8.31. The smallest absolute Gasteiger partial charge is 0.246 e. The molecule has 2 rings (SSSR count). The minimum atomic E-state index is -0.592. The molecule has 0 radical (unpaired) electrons. The van der Waals surface area contributed by atoms with Gasteiger partial charge in [-0.3, -0.25) is 9.59 Å². The highest BCUT2D eigenvalue weighted by molar-refractivity contribution is 5.79. The Morgan fingerprint density at radius 3 is 2.71 bits per heavy atom. The van der Waals surface area contributed by atoms with Crippen LogP contribution >= 0.6 is 0 Å². The molecule has 0 aromatic carbocycles. The number of carbonyl (C=O) groups excluding carboxylic acids is 2. The fourth-order valence-corrected chi connectivity index (χ4v) is 2.46. The van der Waals surface area contributed by atoms with Gasteiger partial charge >= 0.3 is 0 Å². The molecule has 0 unspecified atom stereocenters. The largest absolute Gasteiger partial charge is 0.379 e. The standard InChI is InChI=1S/C14H24N2O5/c15-13(17)8-20-9-14(18)16-11-7-19-5-4-12(11)21-6-10-2-1-3-10/h10-12H,1-9H2,(H2,15,17)(H,16,18)/t11-,12+/m1/s1. The highest BCUT2D eigenvalue weighted by atomic mass is 16.5. The van der Waals surface area contributed by atoms with E-state index in [1.807, 2.05) is 0 Å². The van der Waals surface area contributed by atoms with E-state index in [0.29, 0.717) is 19.1 Å². The van der Waals surface area contributed by atoms with Gasteiger partial charge in [0, 0.05) is 13.2 Å². The first kappa shape index (κ1) is 16.2. The second-order valence-corrected chi connectivity index (χ2v) is 5.67. The molecule has 2 aliphatic rings. The number of nitrogens with two attached hydrogens (primary N) is 1. The van der Waals surface area contributed by atoms with E-state index in [9.17, 15) is 9.59 Å². The Morgan fingerprint density at radius 1 is 1.24 bits per heavy atom. The number of primary amides is 1. The first-order valence-electron chi connectivity index (χ1n) is 7.50. The molecule has 2 fully saturated rings. The third-order valence-corrected chi connectivity index (χ3v) is 3.89. The van der Waals surface area contributed by atoms with Crippen LogP contribution in [0, 0.1) is 5.92 Å². The van der Waals surface area contributed by atoms with Crippen LogP contribution in [0.15, 0.2) is 0 Å². The number of rotatable bonds is 8. The molecule has 1 aliphatic heterocycles. The maximum Gasteiger partial charge on any atom is 0.246 e. The molecule has 1 saturated heterocycles. The predicted octanol–water partition coefficient (Wildman–Crippen LogP) is -0.421. The SMILES string of the molecule is NC(=O)COCC(=O)N[C@@H]1COCC[C@@H]1OCC1CCC1. The number of amides is 2. The summed E-state index contributed by atoms with van der Waals surface area (Å²) in [7, 11) is 0. The van der Waals surface area contributed by atoms with Gasteiger partial charge in [-0.2, -0.15) is 0 Å². The maximum absolute atomic E-state index is 11.7. The lowest BCUT2D eigenvalue weighted by atomic mass is 9.86. The third kappa shape index (κ3) is 5.61. The molecule has 0 aromatic heterocycles. The predicted molar refractivity (Wildman–Crippen MR) is 74.5 cm³/mol. The quantitative estimate of drug-likeness (QED) is 0.634. The third-order valence-electron chi connectivity index (χ3n) is 3.89. The maximum atomic E-state index is 11.7. The Morgan fingerprint density at radius 2 is 2.05 bits per heavy atom. The molecule has 21 heavy (non-hydrogen) atoms. The first-order valence-corrected chi connectivity index (χ1v) is 7.50. The van der Waals surface area contributed by atoms with Crippen LogP contribution < -0.4 is 11.1 Å². The lowest BCUT2D eigenvalue weighted by Crippen LogP contribution is -2.52. The van der Waals surface area contributed by atoms with Crippen LogP contribution in [0.1, 0.15) is 25.7 Å². The fourth-order valence-electron chi connectivity index (χ4n) is 2.46. The van der Waals surface area contributed by atoms with Gasteiger partial charge in [0.1, 0.15) is 13.2 Å². The van der Waals surface area contributed by atoms with Crippen LogP contribution in [0.4, 0.5) is 0 Å². The normalized spacial score (nSPS) is 26.1. The molecule has 2 atom stereocenters. The minimum absolute atomic E-state index is 0.0144. The van der Waals surface area contributed by atoms with Crippen LogP contribution in [0.2, 0.25) is 0 Å². The molecular formula is C14H24N2O5. The van der Waals surface area contributed by atoms with Crippen LogP contribution in [-0.2, 0) is 23.8 Å². The summed E-state index contributed by atoms with van der Waals surface area (Å²) in [5.74, 6) is -0.211. The molecule has 7 heteroatoms. The zero-order valence-corrected chi connectivity index (χ0v) is 12.2. The number of nitrogens with one attached hydrogen (secondary N) is 1. The molecule has 7 nitrogen and oxygen atoms in total. The molecule has 0 spiro atoms. The molecule has 1 heterocycles. The zero-order chi connectivity index (χ0) is 15.1. The van der Waals surface area contributed by atoms with Crippen molar-refractivity contribution in [3.63, 3.8) is 0 Å². The van der Waals surface area contributed by atoms with Crippen LogP contribution in [0.25, 0.3) is 0 Å². The number of hydrogen-bond acceptors (Lipinski definition) is 5. The number of carbonyl (C=O) groups is 2. The molecule has 0 aromatic rings. The topological polar surface area (TPSA) is 99.9 Å². The van der Waals surface area contributed by atoms with Crippen LogP contribution in [-0.4, -0.2) is 57.0 Å². The van der Waals surface area contributed by atoms with E-state index < -0.39 is 5.91 Å². The molecule has 1 aliphatic carbocycles. The van der Waals surface area contributed by atoms with Crippen molar-refractivity contribution in [2.45, 2.75) is 37.8 Å². The van der Waals surface area contributed by atoms with Gasteiger partial charge in [0.15, 0.2) is 0 Å². The average Bonchev–Trinajstić information content (AvgIpc) is 2.38. The van der Waals surface area contributed by atoms with Gasteiger partial charge in [0.05, 0.1) is 18.8 Å². The van der Waals surface area contributed by atoms with Crippen molar-refractivity contribution in [3.8, 4) is 0 Å². The molecule has 2 amide bonds. The summed E-state index contributed by atoms with van der Waals surface area (Å²) < 4.78 is 16.2. The summed E-state index contributed by atoms with van der Waals surface area (Å²) in [6, 6.07) is -0.163. The molecule has 0 bridgehead atoms. The van der Waals surface area contributed by atoms with Gasteiger partial charge in [-0.05, 0) is 25.2 Å². The average molecular weight is 300 g/mol. The summed E-state index contributed by atoms with van der Waals surface area (Å²) in [6.45, 7) is 1.41. The van der Waals surface area contributed by atoms with Crippen molar-refractivity contribution in [2.24, 2.45) is 11.7 Å². The number of hydrogen-bond donors (Lipinski definition) is 2. The summed E-state index contributed by atoms with van der Waals surface area (Å²) in [4.78, 5) is 22.3. The van der Waals surface area contributed by atoms with E-state index in [1.165, 1.54) is 19.3 Å². The highest BCUT2D eigenvalue weighted by Gasteiger charge is 2.29. The lowest BCUT2D eigenvalue weighted by Gasteiger charge is -2.34. The van der Waals surface area contributed by atoms with Gasteiger partial charge in [0.25, 0.3) is 0 Å². The molecule has 3 N–H and O–H groups in total. The van der Waals surface area contributed by atoms with E-state index in [0.717, 1.165) is 13.0 Å². The summed E-state index contributed by atoms with van der Waals surface area (Å²) in [6.07, 6.45) is 4.53. The Hall–Kier alpha value is -1.18. The van der Waals surface area contributed by atoms with Crippen molar-refractivity contribution < 1.29 is 23.8 Å². The van der Waals surface area contributed by atoms with Gasteiger partial charge in [0.2, 0.25) is 11.8 Å². The highest BCUT2D eigenvalue weighted by Crippen LogP contribution is 2.27. The van der Waals surface area contributed by atoms with E-state index in [-0.39, 0.29) is 31.3 Å². The van der Waals surface area contributed by atoms with Crippen molar-refractivity contribution in [1.29, 1.82) is 0 Å². The van der Waals surface area contributed by atoms with Crippen molar-refractivity contribution in [3.05, 3.63) is 0 Å². The number of ether oxygens (including phenoxy) is 3. The van der Waals surface area contributed by atoms with Gasteiger partial charge < -0.3 is 25.3 Å². The fraction of sp³-hybridized carbons (Fsp3) is 0.857. The van der Waals surface area contributed by atoms with E-state index in [1.54, 1.807) is 0 Å². The Bertz CT molecular complexity index is 359. The van der Waals surface area contributed by atoms with Crippen LogP contribution in [0.5, 0.6) is 0 Å². The summed E-state index contributed by atoms with van der Waals surface area (Å²) in [5, 5.41) is 2.84. The Balaban J connectivity index is 1.69. The Labute approximate surface area is 124 Å². The lowest BCUT2D eigenvalue weighted by molar-refractivity contribution is -0.133. The molecule has 120 valence electrons. The first-order chi connectivity index (χ1) is 10.1. The van der Waals surface area contributed by atoms with Crippen molar-refractivity contribution in [2.75, 3.05) is 33.0 Å². The van der Waals surface area contributed by atoms with E-state index in [2.05, 4.69) is 5.32 Å². The minimum Gasteiger partial charge on any atom is -0.379 e. The second-order valence-electron chi connectivity index (χ2n) is 5.67. The van der Waals surface area contributed by atoms with Crippen LogP contribution in [0.3, 0.4) is 0 Å². The molecule has 1 saturated carbocycles. The Kier molecular flexibility index (Phi) is 6.41. The molecular weight excluding hydrogens is 276 g/mol. The monoisotopic (exact) mass is 300 g/mol.